The minimum absolute atomic E-state index is 0.0721. The number of hydrogen-bond donors (Lipinski definition) is 1. The van der Waals surface area contributed by atoms with Gasteiger partial charge in [0.2, 0.25) is 0 Å². The van der Waals surface area contributed by atoms with Crippen molar-refractivity contribution in [2.24, 2.45) is 0 Å². The standard InChI is InChI=1S/C12H14FN3O2S/c1-3-19(17,18)16-7-9(6-15-16)10-4-5-11(14)8(2)12(10)13/h4-7H,3,14H2,1-2H3. The van der Waals surface area contributed by atoms with Gasteiger partial charge in [-0.2, -0.15) is 9.19 Å². The summed E-state index contributed by atoms with van der Waals surface area (Å²) in [6, 6.07) is 3.09. The maximum Gasteiger partial charge on any atom is 0.253 e. The molecule has 0 bridgehead atoms. The monoisotopic (exact) mass is 283 g/mol. The van der Waals surface area contributed by atoms with Gasteiger partial charge in [-0.3, -0.25) is 0 Å². The van der Waals surface area contributed by atoms with Crippen LogP contribution in [-0.4, -0.2) is 23.4 Å². The Morgan fingerprint density at radius 3 is 2.74 bits per heavy atom. The summed E-state index contributed by atoms with van der Waals surface area (Å²) >= 11 is 0. The van der Waals surface area contributed by atoms with E-state index in [2.05, 4.69) is 5.10 Å². The van der Waals surface area contributed by atoms with Crippen LogP contribution in [0.1, 0.15) is 12.5 Å². The molecule has 0 fully saturated rings. The predicted octanol–water partition coefficient (Wildman–Crippen LogP) is 1.78. The molecule has 0 saturated carbocycles. The summed E-state index contributed by atoms with van der Waals surface area (Å²) in [6.45, 7) is 3.09. The van der Waals surface area contributed by atoms with Gasteiger partial charge in [-0.05, 0) is 26.0 Å². The van der Waals surface area contributed by atoms with Crippen LogP contribution in [0.2, 0.25) is 0 Å². The van der Waals surface area contributed by atoms with Gasteiger partial charge in [0.1, 0.15) is 5.82 Å². The van der Waals surface area contributed by atoms with Crippen LogP contribution in [0.3, 0.4) is 0 Å². The number of benzene rings is 1. The van der Waals surface area contributed by atoms with Crippen molar-refractivity contribution in [2.45, 2.75) is 13.8 Å². The van der Waals surface area contributed by atoms with E-state index in [-0.39, 0.29) is 11.3 Å². The molecule has 1 aromatic carbocycles. The van der Waals surface area contributed by atoms with E-state index in [0.717, 1.165) is 4.09 Å². The second-order valence-electron chi connectivity index (χ2n) is 4.14. The van der Waals surface area contributed by atoms with E-state index in [0.29, 0.717) is 16.8 Å². The molecule has 0 amide bonds. The van der Waals surface area contributed by atoms with E-state index in [9.17, 15) is 12.8 Å². The third-order valence-corrected chi connectivity index (χ3v) is 4.45. The van der Waals surface area contributed by atoms with Crippen LogP contribution in [0.5, 0.6) is 0 Å². The van der Waals surface area contributed by atoms with Crippen LogP contribution in [0.25, 0.3) is 11.1 Å². The first-order chi connectivity index (χ1) is 8.86. The van der Waals surface area contributed by atoms with Crippen LogP contribution in [0, 0.1) is 12.7 Å². The average Bonchev–Trinajstić information content (AvgIpc) is 2.86. The maximum absolute atomic E-state index is 14.1. The zero-order valence-corrected chi connectivity index (χ0v) is 11.4. The van der Waals surface area contributed by atoms with E-state index in [4.69, 9.17) is 5.73 Å². The Morgan fingerprint density at radius 2 is 2.11 bits per heavy atom. The molecule has 0 saturated heterocycles. The van der Waals surface area contributed by atoms with Gasteiger partial charge in [0.15, 0.2) is 0 Å². The highest BCUT2D eigenvalue weighted by Gasteiger charge is 2.15. The molecule has 19 heavy (non-hydrogen) atoms. The lowest BCUT2D eigenvalue weighted by molar-refractivity contribution is 0.581. The number of halogens is 1. The smallest absolute Gasteiger partial charge is 0.253 e. The van der Waals surface area contributed by atoms with Crippen molar-refractivity contribution in [3.63, 3.8) is 0 Å². The minimum Gasteiger partial charge on any atom is -0.398 e. The Bertz CT molecular complexity index is 723. The molecule has 0 atom stereocenters. The van der Waals surface area contributed by atoms with Gasteiger partial charge in [-0.1, -0.05) is 0 Å². The van der Waals surface area contributed by atoms with Crippen LogP contribution in [-0.2, 0) is 10.0 Å². The number of aromatic nitrogens is 2. The van der Waals surface area contributed by atoms with E-state index in [1.807, 2.05) is 0 Å². The SMILES string of the molecule is CCS(=O)(=O)n1cc(-c2ccc(N)c(C)c2F)cn1. The van der Waals surface area contributed by atoms with Crippen molar-refractivity contribution in [3.05, 3.63) is 35.9 Å². The van der Waals surface area contributed by atoms with Gasteiger partial charge >= 0.3 is 0 Å². The molecule has 0 aliphatic heterocycles. The van der Waals surface area contributed by atoms with Crippen molar-refractivity contribution in [1.82, 2.24) is 9.19 Å². The lowest BCUT2D eigenvalue weighted by Crippen LogP contribution is -2.14. The third-order valence-electron chi connectivity index (χ3n) is 2.95. The maximum atomic E-state index is 14.1. The predicted molar refractivity (Wildman–Crippen MR) is 71.6 cm³/mol. The van der Waals surface area contributed by atoms with Gasteiger partial charge in [-0.15, -0.1) is 0 Å². The number of rotatable bonds is 3. The molecule has 0 aliphatic rings. The quantitative estimate of drug-likeness (QED) is 0.871. The van der Waals surface area contributed by atoms with Crippen LogP contribution in [0.4, 0.5) is 10.1 Å². The van der Waals surface area contributed by atoms with Crippen LogP contribution >= 0.6 is 0 Å². The Hall–Kier alpha value is -1.89. The number of anilines is 1. The topological polar surface area (TPSA) is 78.0 Å². The summed E-state index contributed by atoms with van der Waals surface area (Å²) in [5.74, 6) is -0.536. The molecule has 2 rings (SSSR count). The third kappa shape index (κ3) is 2.33. The summed E-state index contributed by atoms with van der Waals surface area (Å²) in [5, 5.41) is 3.76. The van der Waals surface area contributed by atoms with Crippen LogP contribution in [0.15, 0.2) is 24.5 Å². The average molecular weight is 283 g/mol. The van der Waals surface area contributed by atoms with E-state index >= 15 is 0 Å². The Morgan fingerprint density at radius 1 is 1.42 bits per heavy atom. The normalized spacial score (nSPS) is 11.7. The zero-order valence-electron chi connectivity index (χ0n) is 10.6. The Balaban J connectivity index is 2.53. The highest BCUT2D eigenvalue weighted by Crippen LogP contribution is 2.27. The molecule has 5 nitrogen and oxygen atoms in total. The van der Waals surface area contributed by atoms with E-state index < -0.39 is 15.8 Å². The van der Waals surface area contributed by atoms with Gasteiger partial charge in [0.25, 0.3) is 10.0 Å². The molecule has 0 aliphatic carbocycles. The molecule has 102 valence electrons. The molecule has 2 aromatic rings. The molecule has 1 aromatic heterocycles. The molecule has 0 radical (unpaired) electrons. The number of nitrogens with zero attached hydrogens (tertiary/aromatic N) is 2. The first-order valence-corrected chi connectivity index (χ1v) is 7.30. The molecular formula is C12H14FN3O2S. The second kappa shape index (κ2) is 4.65. The molecule has 0 spiro atoms. The summed E-state index contributed by atoms with van der Waals surface area (Å²) in [6.07, 6.45) is 2.62. The fourth-order valence-electron chi connectivity index (χ4n) is 1.65. The summed E-state index contributed by atoms with van der Waals surface area (Å²) in [5.41, 5.74) is 6.98. The Labute approximate surface area is 110 Å². The van der Waals surface area contributed by atoms with Gasteiger partial charge in [0.05, 0.1) is 18.1 Å². The first-order valence-electron chi connectivity index (χ1n) is 5.69. The molecule has 2 N–H and O–H groups in total. The van der Waals surface area contributed by atoms with Crippen molar-refractivity contribution in [1.29, 1.82) is 0 Å². The van der Waals surface area contributed by atoms with E-state index in [1.165, 1.54) is 25.4 Å². The lowest BCUT2D eigenvalue weighted by atomic mass is 10.0. The van der Waals surface area contributed by atoms with Crippen molar-refractivity contribution < 1.29 is 12.8 Å². The fourth-order valence-corrected chi connectivity index (χ4v) is 2.38. The van der Waals surface area contributed by atoms with Crippen molar-refractivity contribution in [3.8, 4) is 11.1 Å². The van der Waals surface area contributed by atoms with E-state index in [1.54, 1.807) is 13.0 Å². The highest BCUT2D eigenvalue weighted by atomic mass is 32.2. The van der Waals surface area contributed by atoms with Gasteiger partial charge in [-0.25, -0.2) is 12.8 Å². The summed E-state index contributed by atoms with van der Waals surface area (Å²) in [4.78, 5) is 0. The molecule has 0 unspecified atom stereocenters. The first kappa shape index (κ1) is 13.5. The number of nitrogens with two attached hydrogens (primary N) is 1. The molecule has 1 heterocycles. The van der Waals surface area contributed by atoms with Gasteiger partial charge < -0.3 is 5.73 Å². The molecular weight excluding hydrogens is 269 g/mol. The zero-order chi connectivity index (χ0) is 14.2. The summed E-state index contributed by atoms with van der Waals surface area (Å²) < 4.78 is 38.2. The largest absolute Gasteiger partial charge is 0.398 e. The number of nitrogen functional groups attached to an aromatic ring is 1. The fraction of sp³-hybridized carbons (Fsp3) is 0.250. The van der Waals surface area contributed by atoms with Crippen molar-refractivity contribution >= 4 is 15.7 Å². The second-order valence-corrected chi connectivity index (χ2v) is 6.26. The highest BCUT2D eigenvalue weighted by molar-refractivity contribution is 7.89. The van der Waals surface area contributed by atoms with Crippen LogP contribution < -0.4 is 5.73 Å². The Kier molecular flexibility index (Phi) is 3.32. The minimum atomic E-state index is -3.46. The van der Waals surface area contributed by atoms with Gasteiger partial charge in [0, 0.05) is 22.4 Å². The summed E-state index contributed by atoms with van der Waals surface area (Å²) in [7, 11) is -3.46. The number of hydrogen-bond acceptors (Lipinski definition) is 4. The van der Waals surface area contributed by atoms with Crippen molar-refractivity contribution in [2.75, 3.05) is 11.5 Å². The lowest BCUT2D eigenvalue weighted by Gasteiger charge is -2.06. The molecule has 7 heteroatoms.